The summed E-state index contributed by atoms with van der Waals surface area (Å²) in [7, 11) is 2.93. The van der Waals surface area contributed by atoms with Crippen LogP contribution < -0.4 is 15.2 Å². The van der Waals surface area contributed by atoms with Crippen molar-refractivity contribution in [2.75, 3.05) is 20.8 Å². The van der Waals surface area contributed by atoms with E-state index >= 15 is 0 Å². The summed E-state index contributed by atoms with van der Waals surface area (Å²) in [6.07, 6.45) is 0. The molecule has 100 valence electrons. The second kappa shape index (κ2) is 5.93. The fraction of sp³-hybridized carbons (Fsp3) is 0.417. The Hall–Kier alpha value is -1.46. The highest BCUT2D eigenvalue weighted by Crippen LogP contribution is 2.41. The van der Waals surface area contributed by atoms with E-state index in [4.69, 9.17) is 31.9 Å². The van der Waals surface area contributed by atoms with Crippen LogP contribution in [0.15, 0.2) is 6.07 Å². The van der Waals surface area contributed by atoms with Gasteiger partial charge in [-0.15, -0.1) is 0 Å². The number of halogens is 1. The first-order valence-electron chi connectivity index (χ1n) is 5.31. The molecule has 0 fully saturated rings. The van der Waals surface area contributed by atoms with Gasteiger partial charge in [0.1, 0.15) is 11.5 Å². The molecule has 1 unspecified atom stereocenters. The summed E-state index contributed by atoms with van der Waals surface area (Å²) in [5.41, 5.74) is 6.60. The number of hydrogen-bond acceptors (Lipinski definition) is 4. The summed E-state index contributed by atoms with van der Waals surface area (Å²) in [6.45, 7) is 1.73. The molecule has 1 rings (SSSR count). The predicted molar refractivity (Wildman–Crippen MR) is 68.7 cm³/mol. The molecule has 0 spiro atoms. The van der Waals surface area contributed by atoms with Crippen LogP contribution in [0, 0.1) is 6.92 Å². The Morgan fingerprint density at radius 3 is 2.50 bits per heavy atom. The van der Waals surface area contributed by atoms with E-state index in [0.29, 0.717) is 17.1 Å². The second-order valence-electron chi connectivity index (χ2n) is 3.78. The molecule has 0 bridgehead atoms. The summed E-state index contributed by atoms with van der Waals surface area (Å²) in [5, 5.41) is 9.40. The topological polar surface area (TPSA) is 81.8 Å². The zero-order valence-electron chi connectivity index (χ0n) is 10.5. The van der Waals surface area contributed by atoms with Crippen molar-refractivity contribution < 1.29 is 19.4 Å². The molecule has 18 heavy (non-hydrogen) atoms. The molecule has 1 aromatic rings. The van der Waals surface area contributed by atoms with Crippen LogP contribution in [-0.4, -0.2) is 31.8 Å². The van der Waals surface area contributed by atoms with Crippen molar-refractivity contribution in [3.63, 3.8) is 0 Å². The van der Waals surface area contributed by atoms with Gasteiger partial charge in [-0.2, -0.15) is 0 Å². The van der Waals surface area contributed by atoms with E-state index in [-0.39, 0.29) is 11.6 Å². The molecule has 5 nitrogen and oxygen atoms in total. The van der Waals surface area contributed by atoms with Crippen LogP contribution in [0.5, 0.6) is 11.5 Å². The minimum atomic E-state index is -1.05. The highest BCUT2D eigenvalue weighted by Gasteiger charge is 2.27. The Balaban J connectivity index is 3.53. The maximum atomic E-state index is 11.2. The van der Waals surface area contributed by atoms with Gasteiger partial charge in [-0.3, -0.25) is 4.79 Å². The molecule has 0 aliphatic rings. The van der Waals surface area contributed by atoms with Gasteiger partial charge >= 0.3 is 5.97 Å². The number of carboxylic acids is 1. The van der Waals surface area contributed by atoms with Crippen molar-refractivity contribution in [3.05, 3.63) is 22.2 Å². The first-order chi connectivity index (χ1) is 8.47. The van der Waals surface area contributed by atoms with Crippen molar-refractivity contribution >= 4 is 17.6 Å². The minimum absolute atomic E-state index is 0.0718. The van der Waals surface area contributed by atoms with Gasteiger partial charge in [-0.1, -0.05) is 11.6 Å². The van der Waals surface area contributed by atoms with E-state index < -0.39 is 11.9 Å². The number of carboxylic acid groups (broad SMARTS) is 1. The Morgan fingerprint density at radius 1 is 1.50 bits per heavy atom. The van der Waals surface area contributed by atoms with E-state index in [1.165, 1.54) is 14.2 Å². The van der Waals surface area contributed by atoms with E-state index in [2.05, 4.69) is 0 Å². The summed E-state index contributed by atoms with van der Waals surface area (Å²) >= 11 is 6.19. The van der Waals surface area contributed by atoms with E-state index in [1.54, 1.807) is 13.0 Å². The molecule has 1 aromatic carbocycles. The van der Waals surface area contributed by atoms with Crippen LogP contribution in [0.25, 0.3) is 0 Å². The second-order valence-corrected chi connectivity index (χ2v) is 4.16. The van der Waals surface area contributed by atoms with Crippen molar-refractivity contribution in [2.24, 2.45) is 5.73 Å². The van der Waals surface area contributed by atoms with Gasteiger partial charge in [0, 0.05) is 12.1 Å². The van der Waals surface area contributed by atoms with Crippen LogP contribution in [0.2, 0.25) is 5.02 Å². The smallest absolute Gasteiger partial charge is 0.312 e. The lowest BCUT2D eigenvalue weighted by Crippen LogP contribution is -2.22. The molecule has 0 radical (unpaired) electrons. The van der Waals surface area contributed by atoms with Gasteiger partial charge in [0.25, 0.3) is 0 Å². The molecule has 6 heteroatoms. The summed E-state index contributed by atoms with van der Waals surface area (Å²) in [6, 6.07) is 1.69. The van der Waals surface area contributed by atoms with Gasteiger partial charge in [0.05, 0.1) is 25.2 Å². The lowest BCUT2D eigenvalue weighted by atomic mass is 9.96. The lowest BCUT2D eigenvalue weighted by Gasteiger charge is -2.19. The normalized spacial score (nSPS) is 12.1. The van der Waals surface area contributed by atoms with Crippen LogP contribution >= 0.6 is 11.6 Å². The molecule has 0 aliphatic carbocycles. The van der Waals surface area contributed by atoms with Crippen LogP contribution in [0.4, 0.5) is 0 Å². The average Bonchev–Trinajstić information content (AvgIpc) is 2.32. The quantitative estimate of drug-likeness (QED) is 0.855. The molecule has 0 aliphatic heterocycles. The van der Waals surface area contributed by atoms with E-state index in [9.17, 15) is 4.79 Å². The number of nitrogens with two attached hydrogens (primary N) is 1. The number of ether oxygens (including phenoxy) is 2. The highest BCUT2D eigenvalue weighted by atomic mass is 35.5. The number of hydrogen-bond donors (Lipinski definition) is 2. The molecular formula is C12H16ClNO4. The number of carbonyl (C=O) groups is 1. The number of aliphatic carboxylic acids is 1. The Kier molecular flexibility index (Phi) is 4.81. The van der Waals surface area contributed by atoms with Crippen molar-refractivity contribution in [2.45, 2.75) is 12.8 Å². The first kappa shape index (κ1) is 14.6. The molecule has 0 saturated carbocycles. The lowest BCUT2D eigenvalue weighted by molar-refractivity contribution is -0.138. The molecule has 3 N–H and O–H groups in total. The molecular weight excluding hydrogens is 258 g/mol. The number of benzene rings is 1. The zero-order chi connectivity index (χ0) is 13.9. The Bertz CT molecular complexity index is 462. The maximum Gasteiger partial charge on any atom is 0.312 e. The van der Waals surface area contributed by atoms with Gasteiger partial charge in [0.2, 0.25) is 0 Å². The minimum Gasteiger partial charge on any atom is -0.496 e. The standard InChI is InChI=1S/C12H16ClNO4/c1-6-4-8(17-2)9(7(5-14)12(15)16)10(13)11(6)18-3/h4,7H,5,14H2,1-3H3,(H,15,16). The molecule has 0 saturated heterocycles. The summed E-state index contributed by atoms with van der Waals surface area (Å²) in [5.74, 6) is -1.14. The molecule has 0 heterocycles. The largest absolute Gasteiger partial charge is 0.496 e. The van der Waals surface area contributed by atoms with Crippen molar-refractivity contribution in [1.82, 2.24) is 0 Å². The third-order valence-electron chi connectivity index (χ3n) is 2.71. The van der Waals surface area contributed by atoms with Crippen LogP contribution in [0.1, 0.15) is 17.0 Å². The zero-order valence-corrected chi connectivity index (χ0v) is 11.2. The van der Waals surface area contributed by atoms with Gasteiger partial charge in [-0.25, -0.2) is 0 Å². The predicted octanol–water partition coefficient (Wildman–Crippen LogP) is 1.79. The molecule has 0 amide bonds. The first-order valence-corrected chi connectivity index (χ1v) is 5.69. The van der Waals surface area contributed by atoms with Crippen LogP contribution in [-0.2, 0) is 4.79 Å². The Morgan fingerprint density at radius 2 is 2.11 bits per heavy atom. The monoisotopic (exact) mass is 273 g/mol. The van der Waals surface area contributed by atoms with E-state index in [0.717, 1.165) is 5.56 Å². The fourth-order valence-electron chi connectivity index (χ4n) is 1.83. The SMILES string of the molecule is COc1cc(C)c(OC)c(Cl)c1C(CN)C(=O)O. The Labute approximate surface area is 110 Å². The number of rotatable bonds is 5. The summed E-state index contributed by atoms with van der Waals surface area (Å²) in [4.78, 5) is 11.2. The number of methoxy groups -OCH3 is 2. The van der Waals surface area contributed by atoms with Crippen molar-refractivity contribution in [1.29, 1.82) is 0 Å². The average molecular weight is 274 g/mol. The third-order valence-corrected chi connectivity index (χ3v) is 3.09. The van der Waals surface area contributed by atoms with Gasteiger partial charge in [-0.05, 0) is 18.6 Å². The third kappa shape index (κ3) is 2.52. The van der Waals surface area contributed by atoms with Crippen molar-refractivity contribution in [3.8, 4) is 11.5 Å². The summed E-state index contributed by atoms with van der Waals surface area (Å²) < 4.78 is 10.3. The molecule has 1 atom stereocenters. The highest BCUT2D eigenvalue weighted by molar-refractivity contribution is 6.33. The van der Waals surface area contributed by atoms with Gasteiger partial charge < -0.3 is 20.3 Å². The molecule has 0 aromatic heterocycles. The fourth-order valence-corrected chi connectivity index (χ4v) is 2.28. The van der Waals surface area contributed by atoms with Crippen LogP contribution in [0.3, 0.4) is 0 Å². The van der Waals surface area contributed by atoms with E-state index in [1.807, 2.05) is 0 Å². The number of aryl methyl sites for hydroxylation is 1. The maximum absolute atomic E-state index is 11.2. The van der Waals surface area contributed by atoms with Gasteiger partial charge in [0.15, 0.2) is 0 Å².